The minimum Gasteiger partial charge on any atom is -0.484 e. The number of nitrogens with zero attached hydrogens (tertiary/aromatic N) is 1. The van der Waals surface area contributed by atoms with Gasteiger partial charge < -0.3 is 15.0 Å². The molecule has 0 bridgehead atoms. The fraction of sp³-hybridized carbons (Fsp3) is 0.231. The normalized spacial score (nSPS) is 11.5. The van der Waals surface area contributed by atoms with Gasteiger partial charge in [-0.1, -0.05) is 65.7 Å². The number of carbonyl (C=O) groups is 2. The largest absolute Gasteiger partial charge is 0.484 e. The van der Waals surface area contributed by atoms with Gasteiger partial charge in [-0.2, -0.15) is 0 Å². The number of halogens is 2. The minimum atomic E-state index is -0.704. The third kappa shape index (κ3) is 7.52. The molecule has 2 amide bonds. The van der Waals surface area contributed by atoms with E-state index in [2.05, 4.69) is 5.32 Å². The first-order chi connectivity index (χ1) is 16.0. The van der Waals surface area contributed by atoms with Crippen LogP contribution < -0.4 is 10.1 Å². The quantitative estimate of drug-likeness (QED) is 0.432. The number of hydrogen-bond donors (Lipinski definition) is 1. The van der Waals surface area contributed by atoms with Crippen LogP contribution in [-0.4, -0.2) is 35.9 Å². The van der Waals surface area contributed by atoms with Crippen molar-refractivity contribution < 1.29 is 14.3 Å². The lowest BCUT2D eigenvalue weighted by atomic mass is 10.0. The maximum Gasteiger partial charge on any atom is 0.261 e. The molecule has 0 saturated carbocycles. The van der Waals surface area contributed by atoms with Crippen LogP contribution in [0.15, 0.2) is 78.9 Å². The molecule has 172 valence electrons. The maximum atomic E-state index is 13.4. The summed E-state index contributed by atoms with van der Waals surface area (Å²) >= 11 is 12.0. The van der Waals surface area contributed by atoms with Gasteiger partial charge in [-0.05, 0) is 54.4 Å². The number of nitrogens with one attached hydrogen (secondary N) is 1. The van der Waals surface area contributed by atoms with E-state index in [4.69, 9.17) is 27.9 Å². The van der Waals surface area contributed by atoms with Crippen LogP contribution in [0, 0.1) is 0 Å². The molecule has 33 heavy (non-hydrogen) atoms. The van der Waals surface area contributed by atoms with Crippen LogP contribution in [0.25, 0.3) is 0 Å². The molecule has 3 aromatic rings. The van der Waals surface area contributed by atoms with Gasteiger partial charge in [0.05, 0.1) is 0 Å². The zero-order valence-electron chi connectivity index (χ0n) is 18.3. The first-order valence-electron chi connectivity index (χ1n) is 10.7. The summed E-state index contributed by atoms with van der Waals surface area (Å²) in [5, 5.41) is 4.05. The highest BCUT2D eigenvalue weighted by Gasteiger charge is 2.30. The predicted octanol–water partition coefficient (Wildman–Crippen LogP) is 5.15. The van der Waals surface area contributed by atoms with E-state index in [0.717, 1.165) is 11.1 Å². The van der Waals surface area contributed by atoms with Crippen LogP contribution in [0.3, 0.4) is 0 Å². The Bertz CT molecular complexity index is 1040. The Morgan fingerprint density at radius 1 is 0.879 bits per heavy atom. The van der Waals surface area contributed by atoms with Gasteiger partial charge in [0, 0.05) is 29.6 Å². The molecule has 1 unspecified atom stereocenters. The fourth-order valence-corrected chi connectivity index (χ4v) is 3.64. The summed E-state index contributed by atoms with van der Waals surface area (Å²) in [6, 6.07) is 22.9. The lowest BCUT2D eigenvalue weighted by Gasteiger charge is -2.31. The number of amides is 2. The van der Waals surface area contributed by atoms with E-state index in [1.165, 1.54) is 0 Å². The average Bonchev–Trinajstić information content (AvgIpc) is 2.82. The molecule has 0 radical (unpaired) electrons. The second kappa shape index (κ2) is 12.3. The molecule has 0 saturated heterocycles. The fourth-order valence-electron chi connectivity index (χ4n) is 3.39. The highest BCUT2D eigenvalue weighted by molar-refractivity contribution is 6.30. The summed E-state index contributed by atoms with van der Waals surface area (Å²) < 4.78 is 5.70. The van der Waals surface area contributed by atoms with E-state index in [0.29, 0.717) is 28.8 Å². The van der Waals surface area contributed by atoms with Crippen LogP contribution in [0.2, 0.25) is 10.0 Å². The Labute approximate surface area is 204 Å². The van der Waals surface area contributed by atoms with Crippen molar-refractivity contribution in [3.8, 4) is 5.75 Å². The van der Waals surface area contributed by atoms with Crippen molar-refractivity contribution in [1.82, 2.24) is 10.2 Å². The van der Waals surface area contributed by atoms with E-state index in [9.17, 15) is 9.59 Å². The van der Waals surface area contributed by atoms with Crippen LogP contribution in [0.4, 0.5) is 0 Å². The molecule has 0 aliphatic heterocycles. The van der Waals surface area contributed by atoms with Crippen molar-refractivity contribution in [3.63, 3.8) is 0 Å². The molecule has 0 aliphatic carbocycles. The van der Waals surface area contributed by atoms with Gasteiger partial charge in [-0.15, -0.1) is 0 Å². The molecule has 5 nitrogen and oxygen atoms in total. The molecule has 3 aromatic carbocycles. The van der Waals surface area contributed by atoms with Gasteiger partial charge in [-0.25, -0.2) is 0 Å². The van der Waals surface area contributed by atoms with Crippen molar-refractivity contribution >= 4 is 35.0 Å². The monoisotopic (exact) mass is 484 g/mol. The summed E-state index contributed by atoms with van der Waals surface area (Å²) in [5.41, 5.74) is 1.82. The van der Waals surface area contributed by atoms with Crippen molar-refractivity contribution in [3.05, 3.63) is 100 Å². The van der Waals surface area contributed by atoms with Gasteiger partial charge in [0.2, 0.25) is 5.91 Å². The first kappa shape index (κ1) is 24.6. The van der Waals surface area contributed by atoms with Crippen molar-refractivity contribution in [1.29, 1.82) is 0 Å². The number of ether oxygens (including phenoxy) is 1. The Morgan fingerprint density at radius 3 is 2.09 bits per heavy atom. The van der Waals surface area contributed by atoms with Gasteiger partial charge in [0.1, 0.15) is 11.8 Å². The number of rotatable bonds is 10. The SMILES string of the molecule is CCNC(=O)C(Cc1ccccc1)N(Cc1ccc(Cl)cc1)C(=O)COc1ccc(Cl)cc1. The summed E-state index contributed by atoms with van der Waals surface area (Å²) in [6.45, 7) is 2.36. The number of carbonyl (C=O) groups excluding carboxylic acids is 2. The Hall–Kier alpha value is -3.02. The van der Waals surface area contributed by atoms with E-state index in [-0.39, 0.29) is 25.0 Å². The Kier molecular flexibility index (Phi) is 9.16. The Morgan fingerprint density at radius 2 is 1.48 bits per heavy atom. The van der Waals surface area contributed by atoms with Gasteiger partial charge >= 0.3 is 0 Å². The van der Waals surface area contributed by atoms with Crippen molar-refractivity contribution in [2.45, 2.75) is 25.9 Å². The molecule has 1 N–H and O–H groups in total. The standard InChI is InChI=1S/C26H26Cl2N2O3/c1-2-29-26(32)24(16-19-6-4-3-5-7-19)30(17-20-8-10-21(27)11-9-20)25(31)18-33-23-14-12-22(28)13-15-23/h3-15,24H,2,16-18H2,1H3,(H,29,32). The smallest absolute Gasteiger partial charge is 0.261 e. The predicted molar refractivity (Wildman–Crippen MR) is 132 cm³/mol. The summed E-state index contributed by atoms with van der Waals surface area (Å²) in [4.78, 5) is 28.0. The molecule has 0 aromatic heterocycles. The van der Waals surface area contributed by atoms with E-state index in [1.807, 2.05) is 49.4 Å². The number of benzene rings is 3. The van der Waals surface area contributed by atoms with E-state index >= 15 is 0 Å². The lowest BCUT2D eigenvalue weighted by molar-refractivity contribution is -0.142. The zero-order valence-corrected chi connectivity index (χ0v) is 19.9. The Balaban J connectivity index is 1.87. The molecule has 0 fully saturated rings. The van der Waals surface area contributed by atoms with Crippen molar-refractivity contribution in [2.75, 3.05) is 13.2 Å². The molecule has 1 atom stereocenters. The number of hydrogen-bond acceptors (Lipinski definition) is 3. The van der Waals surface area contributed by atoms with E-state index in [1.54, 1.807) is 41.3 Å². The zero-order chi connectivity index (χ0) is 23.6. The van der Waals surface area contributed by atoms with Crippen molar-refractivity contribution in [2.24, 2.45) is 0 Å². The van der Waals surface area contributed by atoms with Gasteiger partial charge in [0.15, 0.2) is 6.61 Å². The second-order valence-electron chi connectivity index (χ2n) is 7.49. The third-order valence-electron chi connectivity index (χ3n) is 5.06. The van der Waals surface area contributed by atoms with Crippen LogP contribution in [-0.2, 0) is 22.6 Å². The maximum absolute atomic E-state index is 13.4. The van der Waals surface area contributed by atoms with Crippen LogP contribution in [0.1, 0.15) is 18.1 Å². The molecular weight excluding hydrogens is 459 g/mol. The summed E-state index contributed by atoms with van der Waals surface area (Å²) in [5.74, 6) is 0.0130. The van der Waals surface area contributed by atoms with Crippen LogP contribution >= 0.6 is 23.2 Å². The summed E-state index contributed by atoms with van der Waals surface area (Å²) in [7, 11) is 0. The first-order valence-corrected chi connectivity index (χ1v) is 11.5. The van der Waals surface area contributed by atoms with Gasteiger partial charge in [0.25, 0.3) is 5.91 Å². The van der Waals surface area contributed by atoms with Gasteiger partial charge in [-0.3, -0.25) is 9.59 Å². The molecular formula is C26H26Cl2N2O3. The van der Waals surface area contributed by atoms with Crippen LogP contribution in [0.5, 0.6) is 5.75 Å². The highest BCUT2D eigenvalue weighted by atomic mass is 35.5. The molecule has 7 heteroatoms. The molecule has 0 aliphatic rings. The number of likely N-dealkylation sites (N-methyl/N-ethyl adjacent to an activating group) is 1. The topological polar surface area (TPSA) is 58.6 Å². The third-order valence-corrected chi connectivity index (χ3v) is 5.57. The lowest BCUT2D eigenvalue weighted by Crippen LogP contribution is -2.51. The summed E-state index contributed by atoms with van der Waals surface area (Å²) in [6.07, 6.45) is 0.382. The molecule has 0 spiro atoms. The molecule has 0 heterocycles. The highest BCUT2D eigenvalue weighted by Crippen LogP contribution is 2.19. The average molecular weight is 485 g/mol. The second-order valence-corrected chi connectivity index (χ2v) is 8.36. The van der Waals surface area contributed by atoms with E-state index < -0.39 is 6.04 Å². The minimum absolute atomic E-state index is 0.208. The molecule has 3 rings (SSSR count).